The summed E-state index contributed by atoms with van der Waals surface area (Å²) in [6, 6.07) is 8.43. The number of rotatable bonds is 3. The average Bonchev–Trinajstić information content (AvgIpc) is 2.43. The van der Waals surface area contributed by atoms with Gasteiger partial charge in [0.05, 0.1) is 18.4 Å². The van der Waals surface area contributed by atoms with Crippen LogP contribution >= 0.6 is 11.6 Å². The topological polar surface area (TPSA) is 81.2 Å². The van der Waals surface area contributed by atoms with E-state index in [0.29, 0.717) is 22.7 Å². The van der Waals surface area contributed by atoms with E-state index in [0.717, 1.165) is 0 Å². The Labute approximate surface area is 115 Å². The fraction of sp³-hybridized carbons (Fsp3) is 0.0769. The van der Waals surface area contributed by atoms with E-state index in [1.807, 2.05) is 6.07 Å². The summed E-state index contributed by atoms with van der Waals surface area (Å²) >= 11 is 5.99. The normalized spacial score (nSPS) is 9.74. The minimum Gasteiger partial charge on any atom is -0.497 e. The molecule has 2 rings (SSSR count). The van der Waals surface area contributed by atoms with Crippen molar-refractivity contribution >= 4 is 17.3 Å². The molecular formula is C13H10ClN3O2. The van der Waals surface area contributed by atoms with Crippen molar-refractivity contribution in [2.75, 3.05) is 12.8 Å². The van der Waals surface area contributed by atoms with Gasteiger partial charge in [-0.15, -0.1) is 0 Å². The molecule has 0 saturated carbocycles. The molecule has 0 amide bonds. The number of methoxy groups -OCH3 is 1. The molecule has 0 aliphatic rings. The van der Waals surface area contributed by atoms with Crippen molar-refractivity contribution in [3.63, 3.8) is 0 Å². The van der Waals surface area contributed by atoms with Gasteiger partial charge in [-0.1, -0.05) is 11.6 Å². The first-order valence-corrected chi connectivity index (χ1v) is 5.69. The second kappa shape index (κ2) is 5.46. The number of ether oxygens (including phenoxy) is 2. The van der Waals surface area contributed by atoms with Crippen LogP contribution in [0.15, 0.2) is 30.5 Å². The van der Waals surface area contributed by atoms with Crippen molar-refractivity contribution in [2.24, 2.45) is 0 Å². The highest BCUT2D eigenvalue weighted by Gasteiger charge is 2.11. The fourth-order valence-corrected chi connectivity index (χ4v) is 1.63. The Morgan fingerprint density at radius 3 is 2.79 bits per heavy atom. The summed E-state index contributed by atoms with van der Waals surface area (Å²) < 4.78 is 10.5. The molecule has 0 spiro atoms. The van der Waals surface area contributed by atoms with Gasteiger partial charge in [0.1, 0.15) is 16.8 Å². The number of nitrogens with zero attached hydrogens (tertiary/aromatic N) is 2. The molecule has 0 radical (unpaired) electrons. The number of aromatic nitrogens is 1. The number of hydrogen-bond acceptors (Lipinski definition) is 5. The molecule has 0 bridgehead atoms. The second-order valence-corrected chi connectivity index (χ2v) is 3.97. The lowest BCUT2D eigenvalue weighted by Crippen LogP contribution is -1.96. The van der Waals surface area contributed by atoms with Crippen molar-refractivity contribution in [3.05, 3.63) is 41.0 Å². The van der Waals surface area contributed by atoms with Gasteiger partial charge < -0.3 is 15.2 Å². The first-order chi connectivity index (χ1) is 9.15. The summed E-state index contributed by atoms with van der Waals surface area (Å²) in [5.41, 5.74) is 6.50. The van der Waals surface area contributed by atoms with Gasteiger partial charge in [0.25, 0.3) is 0 Å². The van der Waals surface area contributed by atoms with E-state index >= 15 is 0 Å². The zero-order valence-electron chi connectivity index (χ0n) is 10.1. The van der Waals surface area contributed by atoms with Crippen LogP contribution in [0.2, 0.25) is 5.02 Å². The van der Waals surface area contributed by atoms with Crippen LogP contribution in [0.4, 0.5) is 5.69 Å². The maximum Gasteiger partial charge on any atom is 0.239 e. The van der Waals surface area contributed by atoms with E-state index in [2.05, 4.69) is 4.98 Å². The molecule has 0 aliphatic carbocycles. The molecule has 0 unspecified atom stereocenters. The first-order valence-electron chi connectivity index (χ1n) is 5.31. The van der Waals surface area contributed by atoms with Gasteiger partial charge in [0, 0.05) is 12.3 Å². The van der Waals surface area contributed by atoms with Gasteiger partial charge in [-0.25, -0.2) is 4.98 Å². The van der Waals surface area contributed by atoms with Gasteiger partial charge in [-0.2, -0.15) is 5.26 Å². The number of nitriles is 1. The summed E-state index contributed by atoms with van der Waals surface area (Å²) in [5, 5.41) is 9.03. The smallest absolute Gasteiger partial charge is 0.239 e. The van der Waals surface area contributed by atoms with E-state index in [9.17, 15) is 0 Å². The number of benzene rings is 1. The highest BCUT2D eigenvalue weighted by molar-refractivity contribution is 6.33. The summed E-state index contributed by atoms with van der Waals surface area (Å²) in [6.45, 7) is 0. The average molecular weight is 276 g/mol. The highest BCUT2D eigenvalue weighted by atomic mass is 35.5. The van der Waals surface area contributed by atoms with Crippen LogP contribution in [0, 0.1) is 11.3 Å². The van der Waals surface area contributed by atoms with Crippen molar-refractivity contribution in [3.8, 4) is 23.4 Å². The van der Waals surface area contributed by atoms with Crippen LogP contribution in [0.5, 0.6) is 17.4 Å². The summed E-state index contributed by atoms with van der Waals surface area (Å²) in [6.07, 6.45) is 1.44. The Balaban J connectivity index is 2.34. The Morgan fingerprint density at radius 1 is 1.37 bits per heavy atom. The quantitative estimate of drug-likeness (QED) is 0.871. The number of nitrogens with two attached hydrogens (primary N) is 1. The van der Waals surface area contributed by atoms with Crippen LogP contribution < -0.4 is 15.2 Å². The van der Waals surface area contributed by atoms with E-state index < -0.39 is 0 Å². The first kappa shape index (κ1) is 13.0. The molecule has 1 aromatic carbocycles. The highest BCUT2D eigenvalue weighted by Crippen LogP contribution is 2.33. The van der Waals surface area contributed by atoms with Crippen LogP contribution in [-0.2, 0) is 0 Å². The molecule has 2 aromatic rings. The van der Waals surface area contributed by atoms with Crippen LogP contribution in [0.3, 0.4) is 0 Å². The maximum absolute atomic E-state index is 8.87. The third kappa shape index (κ3) is 2.69. The van der Waals surface area contributed by atoms with Gasteiger partial charge in [0.2, 0.25) is 5.88 Å². The molecule has 0 saturated heterocycles. The number of halogens is 1. The molecule has 6 heteroatoms. The Kier molecular flexibility index (Phi) is 3.74. The van der Waals surface area contributed by atoms with E-state index in [-0.39, 0.29) is 10.9 Å². The van der Waals surface area contributed by atoms with Crippen molar-refractivity contribution in [1.82, 2.24) is 4.98 Å². The third-order valence-electron chi connectivity index (χ3n) is 2.40. The predicted octanol–water partition coefficient (Wildman–Crippen LogP) is 2.99. The summed E-state index contributed by atoms with van der Waals surface area (Å²) in [5.74, 6) is 1.15. The minimum atomic E-state index is 0.137. The van der Waals surface area contributed by atoms with Crippen molar-refractivity contribution in [1.29, 1.82) is 5.26 Å². The van der Waals surface area contributed by atoms with Crippen molar-refractivity contribution < 1.29 is 9.47 Å². The van der Waals surface area contributed by atoms with Gasteiger partial charge >= 0.3 is 0 Å². The Bertz CT molecular complexity index is 653. The maximum atomic E-state index is 8.87. The van der Waals surface area contributed by atoms with Crippen LogP contribution in [-0.4, -0.2) is 12.1 Å². The van der Waals surface area contributed by atoms with E-state index in [1.54, 1.807) is 25.3 Å². The largest absolute Gasteiger partial charge is 0.497 e. The molecule has 19 heavy (non-hydrogen) atoms. The lowest BCUT2D eigenvalue weighted by atomic mass is 10.2. The summed E-state index contributed by atoms with van der Waals surface area (Å²) in [7, 11) is 1.55. The number of nitrogen functional groups attached to an aromatic ring is 1. The Hall–Kier alpha value is -2.45. The predicted molar refractivity (Wildman–Crippen MR) is 71.4 cm³/mol. The van der Waals surface area contributed by atoms with Crippen molar-refractivity contribution in [2.45, 2.75) is 0 Å². The lowest BCUT2D eigenvalue weighted by molar-refractivity contribution is 0.412. The lowest BCUT2D eigenvalue weighted by Gasteiger charge is -2.10. The number of pyridine rings is 1. The van der Waals surface area contributed by atoms with E-state index in [1.165, 1.54) is 12.3 Å². The molecular weight excluding hydrogens is 266 g/mol. The SMILES string of the molecule is COc1ccc(Oc2nccc(C#N)c2Cl)c(N)c1. The standard InChI is InChI=1S/C13H10ClN3O2/c1-18-9-2-3-11(10(16)6-9)19-13-12(14)8(7-15)4-5-17-13/h2-6H,16H2,1H3. The molecule has 0 aliphatic heterocycles. The molecule has 0 atom stereocenters. The molecule has 0 fully saturated rings. The second-order valence-electron chi connectivity index (χ2n) is 3.60. The van der Waals surface area contributed by atoms with Crippen LogP contribution in [0.25, 0.3) is 0 Å². The monoisotopic (exact) mass is 275 g/mol. The molecule has 2 N–H and O–H groups in total. The minimum absolute atomic E-state index is 0.137. The molecule has 1 aromatic heterocycles. The number of anilines is 1. The Morgan fingerprint density at radius 2 is 2.16 bits per heavy atom. The molecule has 1 heterocycles. The van der Waals surface area contributed by atoms with Gasteiger partial charge in [0.15, 0.2) is 5.75 Å². The zero-order valence-corrected chi connectivity index (χ0v) is 10.8. The summed E-state index contributed by atoms with van der Waals surface area (Å²) in [4.78, 5) is 3.97. The zero-order chi connectivity index (χ0) is 13.8. The van der Waals surface area contributed by atoms with Gasteiger partial charge in [-0.3, -0.25) is 0 Å². The third-order valence-corrected chi connectivity index (χ3v) is 2.77. The van der Waals surface area contributed by atoms with Crippen LogP contribution in [0.1, 0.15) is 5.56 Å². The van der Waals surface area contributed by atoms with E-state index in [4.69, 9.17) is 32.1 Å². The number of hydrogen-bond donors (Lipinski definition) is 1. The fourth-order valence-electron chi connectivity index (χ4n) is 1.43. The van der Waals surface area contributed by atoms with Gasteiger partial charge in [-0.05, 0) is 18.2 Å². The molecule has 5 nitrogen and oxygen atoms in total. The molecule has 96 valence electrons.